The fourth-order valence-corrected chi connectivity index (χ4v) is 2.49. The van der Waals surface area contributed by atoms with Crippen molar-refractivity contribution in [3.8, 4) is 0 Å². The van der Waals surface area contributed by atoms with E-state index in [4.69, 9.17) is 0 Å². The average Bonchev–Trinajstić information content (AvgIpc) is 2.44. The molecular formula is C16H15BrFNO. The Labute approximate surface area is 126 Å². The molecule has 2 aromatic rings. The van der Waals surface area contributed by atoms with E-state index in [1.807, 2.05) is 26.0 Å². The van der Waals surface area contributed by atoms with Crippen molar-refractivity contribution in [1.29, 1.82) is 0 Å². The smallest absolute Gasteiger partial charge is 0.259 e. The summed E-state index contributed by atoms with van der Waals surface area (Å²) < 4.78 is 14.6. The van der Waals surface area contributed by atoms with Crippen LogP contribution in [0.25, 0.3) is 0 Å². The first kappa shape index (κ1) is 14.7. The van der Waals surface area contributed by atoms with Crippen molar-refractivity contribution >= 4 is 27.5 Å². The van der Waals surface area contributed by atoms with E-state index in [0.717, 1.165) is 10.0 Å². The number of para-hydroxylation sites is 1. The van der Waals surface area contributed by atoms with Gasteiger partial charge in [-0.2, -0.15) is 0 Å². The van der Waals surface area contributed by atoms with Crippen molar-refractivity contribution in [2.45, 2.75) is 13.8 Å². The molecule has 0 fully saturated rings. The average molecular weight is 336 g/mol. The highest BCUT2D eigenvalue weighted by Gasteiger charge is 2.21. The fourth-order valence-electron chi connectivity index (χ4n) is 2.05. The van der Waals surface area contributed by atoms with Crippen LogP contribution in [-0.2, 0) is 0 Å². The number of aryl methyl sites for hydroxylation is 1. The third kappa shape index (κ3) is 2.75. The molecule has 0 aliphatic rings. The number of halogens is 2. The summed E-state index contributed by atoms with van der Waals surface area (Å²) in [7, 11) is 0. The predicted octanol–water partition coefficient (Wildman–Crippen LogP) is 4.56. The lowest BCUT2D eigenvalue weighted by Crippen LogP contribution is -2.31. The minimum absolute atomic E-state index is 0.215. The summed E-state index contributed by atoms with van der Waals surface area (Å²) in [5.74, 6) is -0.611. The van der Waals surface area contributed by atoms with Crippen LogP contribution in [0, 0.1) is 12.7 Å². The van der Waals surface area contributed by atoms with Crippen LogP contribution in [0.5, 0.6) is 0 Å². The van der Waals surface area contributed by atoms with Crippen molar-refractivity contribution in [2.75, 3.05) is 11.4 Å². The van der Waals surface area contributed by atoms with Crippen molar-refractivity contribution < 1.29 is 9.18 Å². The summed E-state index contributed by atoms with van der Waals surface area (Å²) in [6.45, 7) is 4.15. The highest BCUT2D eigenvalue weighted by Crippen LogP contribution is 2.26. The summed E-state index contributed by atoms with van der Waals surface area (Å²) in [5, 5.41) is 0. The van der Waals surface area contributed by atoms with E-state index >= 15 is 0 Å². The first-order chi connectivity index (χ1) is 9.56. The lowest BCUT2D eigenvalue weighted by molar-refractivity contribution is 0.0986. The first-order valence-corrected chi connectivity index (χ1v) is 7.17. The maximum atomic E-state index is 13.9. The Morgan fingerprint density at radius 1 is 1.20 bits per heavy atom. The number of hydrogen-bond acceptors (Lipinski definition) is 1. The molecule has 0 atom stereocenters. The molecule has 0 unspecified atom stereocenters. The zero-order valence-corrected chi connectivity index (χ0v) is 12.9. The molecule has 0 aromatic heterocycles. The number of benzene rings is 2. The van der Waals surface area contributed by atoms with E-state index in [2.05, 4.69) is 15.9 Å². The lowest BCUT2D eigenvalue weighted by Gasteiger charge is -2.22. The molecule has 2 rings (SSSR count). The Balaban J connectivity index is 2.45. The number of rotatable bonds is 3. The Morgan fingerprint density at radius 2 is 1.90 bits per heavy atom. The Hall–Kier alpha value is -1.68. The summed E-state index contributed by atoms with van der Waals surface area (Å²) in [6, 6.07) is 11.8. The fraction of sp³-hybridized carbons (Fsp3) is 0.188. The van der Waals surface area contributed by atoms with E-state index in [-0.39, 0.29) is 5.91 Å². The molecule has 20 heavy (non-hydrogen) atoms. The minimum Gasteiger partial charge on any atom is -0.306 e. The molecule has 2 nitrogen and oxygen atoms in total. The van der Waals surface area contributed by atoms with Gasteiger partial charge in [0, 0.05) is 11.0 Å². The zero-order valence-electron chi connectivity index (χ0n) is 11.4. The topological polar surface area (TPSA) is 20.3 Å². The number of carbonyl (C=O) groups excluding carboxylic acids is 1. The molecule has 104 valence electrons. The zero-order chi connectivity index (χ0) is 14.7. The summed E-state index contributed by atoms with van der Waals surface area (Å²) in [4.78, 5) is 14.1. The minimum atomic E-state index is -0.397. The van der Waals surface area contributed by atoms with Crippen LogP contribution in [0.2, 0.25) is 0 Å². The molecular weight excluding hydrogens is 321 g/mol. The number of amides is 1. The highest BCUT2D eigenvalue weighted by atomic mass is 79.9. The van der Waals surface area contributed by atoms with Crippen LogP contribution < -0.4 is 4.90 Å². The van der Waals surface area contributed by atoms with Gasteiger partial charge in [0.05, 0.1) is 11.3 Å². The van der Waals surface area contributed by atoms with Gasteiger partial charge in [0.25, 0.3) is 5.91 Å². The molecule has 2 aromatic carbocycles. The molecule has 0 aliphatic carbocycles. The maximum absolute atomic E-state index is 13.9. The maximum Gasteiger partial charge on any atom is 0.259 e. The first-order valence-electron chi connectivity index (χ1n) is 6.37. The lowest BCUT2D eigenvalue weighted by atomic mass is 10.1. The SMILES string of the molecule is CCN(C(=O)c1cccc(C)c1Br)c1ccccc1F. The van der Waals surface area contributed by atoms with Crippen LogP contribution in [0.4, 0.5) is 10.1 Å². The van der Waals surface area contributed by atoms with Gasteiger partial charge in [-0.3, -0.25) is 4.79 Å². The number of carbonyl (C=O) groups is 1. The molecule has 0 bridgehead atoms. The van der Waals surface area contributed by atoms with Crippen LogP contribution in [0.15, 0.2) is 46.9 Å². The number of anilines is 1. The quantitative estimate of drug-likeness (QED) is 0.804. The number of hydrogen-bond donors (Lipinski definition) is 0. The Kier molecular flexibility index (Phi) is 4.55. The van der Waals surface area contributed by atoms with Gasteiger partial charge < -0.3 is 4.90 Å². The third-order valence-corrected chi connectivity index (χ3v) is 4.18. The van der Waals surface area contributed by atoms with Crippen LogP contribution >= 0.6 is 15.9 Å². The molecule has 0 heterocycles. The molecule has 0 N–H and O–H groups in total. The van der Waals surface area contributed by atoms with E-state index in [1.54, 1.807) is 24.3 Å². The standard InChI is InChI=1S/C16H15BrFNO/c1-3-19(14-10-5-4-9-13(14)18)16(20)12-8-6-7-11(2)15(12)17/h4-10H,3H2,1-2H3. The van der Waals surface area contributed by atoms with Crippen molar-refractivity contribution in [2.24, 2.45) is 0 Å². The van der Waals surface area contributed by atoms with E-state index < -0.39 is 5.82 Å². The number of nitrogens with zero attached hydrogens (tertiary/aromatic N) is 1. The van der Waals surface area contributed by atoms with Gasteiger partial charge in [0.15, 0.2) is 0 Å². The molecule has 4 heteroatoms. The van der Waals surface area contributed by atoms with Gasteiger partial charge in [-0.05, 0) is 53.5 Å². The van der Waals surface area contributed by atoms with Gasteiger partial charge in [0.1, 0.15) is 5.82 Å². The van der Waals surface area contributed by atoms with Gasteiger partial charge in [0.2, 0.25) is 0 Å². The molecule has 0 saturated heterocycles. The molecule has 0 spiro atoms. The van der Waals surface area contributed by atoms with Crippen LogP contribution in [0.1, 0.15) is 22.8 Å². The van der Waals surface area contributed by atoms with Gasteiger partial charge in [-0.25, -0.2) is 4.39 Å². The van der Waals surface area contributed by atoms with E-state index in [1.165, 1.54) is 11.0 Å². The van der Waals surface area contributed by atoms with Crippen molar-refractivity contribution in [1.82, 2.24) is 0 Å². The van der Waals surface area contributed by atoms with Crippen molar-refractivity contribution in [3.05, 3.63) is 63.9 Å². The van der Waals surface area contributed by atoms with Crippen molar-refractivity contribution in [3.63, 3.8) is 0 Å². The van der Waals surface area contributed by atoms with E-state index in [0.29, 0.717) is 17.8 Å². The summed E-state index contributed by atoms with van der Waals surface area (Å²) in [6.07, 6.45) is 0. The third-order valence-electron chi connectivity index (χ3n) is 3.13. The van der Waals surface area contributed by atoms with Crippen LogP contribution in [-0.4, -0.2) is 12.5 Å². The molecule has 1 amide bonds. The Morgan fingerprint density at radius 3 is 2.55 bits per heavy atom. The molecule has 0 saturated carbocycles. The second kappa shape index (κ2) is 6.18. The predicted molar refractivity (Wildman–Crippen MR) is 82.6 cm³/mol. The van der Waals surface area contributed by atoms with Gasteiger partial charge in [-0.1, -0.05) is 24.3 Å². The monoisotopic (exact) mass is 335 g/mol. The van der Waals surface area contributed by atoms with Crippen LogP contribution in [0.3, 0.4) is 0 Å². The molecule has 0 aliphatic heterocycles. The molecule has 0 radical (unpaired) electrons. The van der Waals surface area contributed by atoms with Gasteiger partial charge in [-0.15, -0.1) is 0 Å². The Bertz CT molecular complexity index is 642. The second-order valence-corrected chi connectivity index (χ2v) is 5.23. The van der Waals surface area contributed by atoms with E-state index in [9.17, 15) is 9.18 Å². The highest BCUT2D eigenvalue weighted by molar-refractivity contribution is 9.10. The summed E-state index contributed by atoms with van der Waals surface area (Å²) >= 11 is 3.43. The van der Waals surface area contributed by atoms with Gasteiger partial charge >= 0.3 is 0 Å². The normalized spacial score (nSPS) is 10.4. The summed E-state index contributed by atoms with van der Waals surface area (Å²) in [5.41, 5.74) is 1.81. The second-order valence-electron chi connectivity index (χ2n) is 4.44. The largest absolute Gasteiger partial charge is 0.306 e.